The van der Waals surface area contributed by atoms with Gasteiger partial charge in [-0.15, -0.1) is 0 Å². The number of halogens is 1. The molecular formula is C8H6ClNSe. The van der Waals surface area contributed by atoms with Gasteiger partial charge in [-0.25, -0.2) is 0 Å². The van der Waals surface area contributed by atoms with Crippen molar-refractivity contribution in [2.24, 2.45) is 4.99 Å². The van der Waals surface area contributed by atoms with E-state index in [2.05, 4.69) is 25.3 Å². The molecule has 56 valence electrons. The van der Waals surface area contributed by atoms with E-state index in [1.54, 1.807) is 0 Å². The van der Waals surface area contributed by atoms with Crippen LogP contribution in [0.15, 0.2) is 23.2 Å². The Balaban J connectivity index is 3.19. The molecule has 0 N–H and O–H groups in total. The Bertz CT molecular complexity index is 316. The number of hydrogen-bond acceptors (Lipinski definition) is 1. The molecule has 1 rings (SSSR count). The van der Waals surface area contributed by atoms with Crippen LogP contribution in [-0.2, 0) is 0 Å². The van der Waals surface area contributed by atoms with Gasteiger partial charge in [0, 0.05) is 0 Å². The number of hydrogen-bond donors (Lipinski definition) is 0. The van der Waals surface area contributed by atoms with Crippen LogP contribution in [0.3, 0.4) is 0 Å². The SMILES string of the molecule is Cc1cc(Cl)ccc1N=C=[Se]. The van der Waals surface area contributed by atoms with Crippen LogP contribution in [0.25, 0.3) is 0 Å². The molecule has 0 aromatic heterocycles. The molecule has 1 nitrogen and oxygen atoms in total. The topological polar surface area (TPSA) is 12.4 Å². The summed E-state index contributed by atoms with van der Waals surface area (Å²) in [4.78, 5) is 3.98. The van der Waals surface area contributed by atoms with E-state index in [1.807, 2.05) is 25.1 Å². The van der Waals surface area contributed by atoms with Gasteiger partial charge in [-0.3, -0.25) is 0 Å². The average Bonchev–Trinajstić information content (AvgIpc) is 1.95. The normalized spacial score (nSPS) is 8.91. The molecule has 1 aromatic rings. The Morgan fingerprint density at radius 1 is 1.55 bits per heavy atom. The molecule has 1 aromatic carbocycles. The molecule has 0 spiro atoms. The summed E-state index contributed by atoms with van der Waals surface area (Å²) in [7, 11) is 0. The zero-order valence-corrected chi connectivity index (χ0v) is 8.43. The number of aliphatic imine (C=N–C) groups is 1. The maximum atomic E-state index is 5.75. The Hall–Kier alpha value is -0.391. The third-order valence-corrected chi connectivity index (χ3v) is 1.75. The van der Waals surface area contributed by atoms with Gasteiger partial charge >= 0.3 is 78.3 Å². The monoisotopic (exact) mass is 231 g/mol. The van der Waals surface area contributed by atoms with Crippen LogP contribution < -0.4 is 0 Å². The summed E-state index contributed by atoms with van der Waals surface area (Å²) in [5.41, 5.74) is 1.95. The third kappa shape index (κ3) is 2.28. The molecule has 11 heavy (non-hydrogen) atoms. The molecule has 0 radical (unpaired) electrons. The van der Waals surface area contributed by atoms with Crippen molar-refractivity contribution in [3.63, 3.8) is 0 Å². The van der Waals surface area contributed by atoms with E-state index >= 15 is 0 Å². The summed E-state index contributed by atoms with van der Waals surface area (Å²) in [5.74, 6) is 0. The van der Waals surface area contributed by atoms with Crippen molar-refractivity contribution in [3.8, 4) is 0 Å². The maximum absolute atomic E-state index is 5.75. The van der Waals surface area contributed by atoms with Gasteiger partial charge in [0.1, 0.15) is 0 Å². The Morgan fingerprint density at radius 2 is 2.27 bits per heavy atom. The predicted octanol–water partition coefficient (Wildman–Crippen LogP) is 2.35. The summed E-state index contributed by atoms with van der Waals surface area (Å²) in [6.45, 7) is 1.96. The first kappa shape index (κ1) is 8.70. The first-order valence-electron chi connectivity index (χ1n) is 3.08. The van der Waals surface area contributed by atoms with E-state index in [0.29, 0.717) is 0 Å². The molecular weight excluding hydrogens is 225 g/mol. The zero-order valence-electron chi connectivity index (χ0n) is 5.97. The van der Waals surface area contributed by atoms with Crippen molar-refractivity contribution in [2.45, 2.75) is 6.92 Å². The van der Waals surface area contributed by atoms with Gasteiger partial charge < -0.3 is 0 Å². The second kappa shape index (κ2) is 3.85. The standard InChI is InChI=1S/C8H6ClNSe/c1-6-4-7(9)2-3-8(6)10-5-11/h2-4H,1H3. The van der Waals surface area contributed by atoms with E-state index in [9.17, 15) is 0 Å². The molecule has 0 aliphatic rings. The van der Waals surface area contributed by atoms with Gasteiger partial charge in [-0.1, -0.05) is 0 Å². The van der Waals surface area contributed by atoms with Crippen LogP contribution in [0, 0.1) is 6.92 Å². The van der Waals surface area contributed by atoms with Crippen molar-refractivity contribution >= 4 is 37.6 Å². The van der Waals surface area contributed by atoms with Gasteiger partial charge in [-0.2, -0.15) is 0 Å². The fraction of sp³-hybridized carbons (Fsp3) is 0.125. The molecule has 0 aliphatic heterocycles. The van der Waals surface area contributed by atoms with Crippen LogP contribution in [0.1, 0.15) is 5.56 Å². The van der Waals surface area contributed by atoms with Crippen molar-refractivity contribution in [2.75, 3.05) is 0 Å². The second-order valence-electron chi connectivity index (χ2n) is 2.13. The number of aryl methyl sites for hydroxylation is 1. The van der Waals surface area contributed by atoms with Gasteiger partial charge in [0.15, 0.2) is 0 Å². The Kier molecular flexibility index (Phi) is 3.04. The third-order valence-electron chi connectivity index (χ3n) is 1.32. The summed E-state index contributed by atoms with van der Waals surface area (Å²) in [5, 5.41) is 0.738. The van der Waals surface area contributed by atoms with E-state index in [1.165, 1.54) is 0 Å². The van der Waals surface area contributed by atoms with Crippen molar-refractivity contribution < 1.29 is 0 Å². The number of benzene rings is 1. The van der Waals surface area contributed by atoms with E-state index in [4.69, 9.17) is 11.6 Å². The number of nitrogens with zero attached hydrogens (tertiary/aromatic N) is 1. The fourth-order valence-corrected chi connectivity index (χ4v) is 1.23. The summed E-state index contributed by atoms with van der Waals surface area (Å²) in [6, 6.07) is 5.55. The molecule has 0 atom stereocenters. The fourth-order valence-electron chi connectivity index (χ4n) is 0.793. The molecule has 0 amide bonds. The zero-order chi connectivity index (χ0) is 8.27. The molecule has 0 aliphatic carbocycles. The molecule has 3 heteroatoms. The molecule has 0 unspecified atom stereocenters. The molecule has 0 bridgehead atoms. The van der Waals surface area contributed by atoms with Gasteiger partial charge in [-0.05, 0) is 0 Å². The van der Waals surface area contributed by atoms with Crippen LogP contribution in [0.4, 0.5) is 5.69 Å². The van der Waals surface area contributed by atoms with Gasteiger partial charge in [0.25, 0.3) is 0 Å². The first-order chi connectivity index (χ1) is 5.24. The Morgan fingerprint density at radius 3 is 2.82 bits per heavy atom. The van der Waals surface area contributed by atoms with Gasteiger partial charge in [0.2, 0.25) is 0 Å². The van der Waals surface area contributed by atoms with Crippen LogP contribution in [-0.4, -0.2) is 20.3 Å². The molecule has 0 fully saturated rings. The van der Waals surface area contributed by atoms with Crippen molar-refractivity contribution in [1.82, 2.24) is 0 Å². The van der Waals surface area contributed by atoms with E-state index in [0.717, 1.165) is 16.3 Å². The number of rotatable bonds is 1. The van der Waals surface area contributed by atoms with Crippen LogP contribution >= 0.6 is 11.6 Å². The first-order valence-corrected chi connectivity index (χ1v) is 4.31. The quantitative estimate of drug-likeness (QED) is 0.519. The average molecular weight is 231 g/mol. The molecule has 0 heterocycles. The predicted molar refractivity (Wildman–Crippen MR) is 49.0 cm³/mol. The van der Waals surface area contributed by atoms with Gasteiger partial charge in [0.05, 0.1) is 0 Å². The summed E-state index contributed by atoms with van der Waals surface area (Å²) < 4.78 is 2.60. The van der Waals surface area contributed by atoms with Crippen LogP contribution in [0.5, 0.6) is 0 Å². The second-order valence-corrected chi connectivity index (χ2v) is 2.95. The van der Waals surface area contributed by atoms with Crippen molar-refractivity contribution in [3.05, 3.63) is 28.8 Å². The van der Waals surface area contributed by atoms with Crippen LogP contribution in [0.2, 0.25) is 5.02 Å². The minimum atomic E-state index is 0.738. The van der Waals surface area contributed by atoms with E-state index < -0.39 is 0 Å². The van der Waals surface area contributed by atoms with E-state index in [-0.39, 0.29) is 0 Å². The minimum absolute atomic E-state index is 0.738. The molecule has 0 saturated heterocycles. The van der Waals surface area contributed by atoms with Crippen molar-refractivity contribution in [1.29, 1.82) is 0 Å². The summed E-state index contributed by atoms with van der Waals surface area (Å²) in [6.07, 6.45) is 0. The Labute approximate surface area is 78.5 Å². The molecule has 0 saturated carbocycles. The summed E-state index contributed by atoms with van der Waals surface area (Å²) >= 11 is 8.33.